The van der Waals surface area contributed by atoms with Crippen LogP contribution in [-0.4, -0.2) is 23.4 Å². The molecule has 0 aromatic heterocycles. The van der Waals surface area contributed by atoms with Crippen LogP contribution in [0.5, 0.6) is 0 Å². The molecule has 0 spiro atoms. The van der Waals surface area contributed by atoms with Gasteiger partial charge in [0.25, 0.3) is 0 Å². The van der Waals surface area contributed by atoms with Gasteiger partial charge in [-0.15, -0.1) is 0 Å². The van der Waals surface area contributed by atoms with Crippen molar-refractivity contribution >= 4 is 5.91 Å². The number of hydrogen-bond acceptors (Lipinski definition) is 1. The minimum absolute atomic E-state index is 0.283. The fourth-order valence-corrected chi connectivity index (χ4v) is 2.99. The number of nitrogens with zero attached hydrogens (tertiary/aromatic N) is 1. The average molecular weight is 195 g/mol. The Bertz CT molecular complexity index is 236. The summed E-state index contributed by atoms with van der Waals surface area (Å²) in [5, 5.41) is 0. The van der Waals surface area contributed by atoms with Gasteiger partial charge < -0.3 is 4.90 Å². The highest BCUT2D eigenvalue weighted by atomic mass is 16.2. The van der Waals surface area contributed by atoms with Crippen LogP contribution in [0.3, 0.4) is 0 Å². The first-order chi connectivity index (χ1) is 6.59. The molecular formula is C12H21NO. The Balaban J connectivity index is 2.03. The Hall–Kier alpha value is -0.530. The fraction of sp³-hybridized carbons (Fsp3) is 0.917. The van der Waals surface area contributed by atoms with E-state index < -0.39 is 0 Å². The molecule has 2 nitrogen and oxygen atoms in total. The number of piperidine rings is 1. The summed E-state index contributed by atoms with van der Waals surface area (Å²) in [6, 6.07) is 0.568. The maximum absolute atomic E-state index is 11.7. The van der Waals surface area contributed by atoms with E-state index in [1.54, 1.807) is 0 Å². The molecule has 1 amide bonds. The number of carbonyl (C=O) groups excluding carboxylic acids is 1. The Kier molecular flexibility index (Phi) is 2.54. The van der Waals surface area contributed by atoms with E-state index in [2.05, 4.69) is 25.7 Å². The molecule has 2 aliphatic rings. The summed E-state index contributed by atoms with van der Waals surface area (Å²) in [5.74, 6) is 2.31. The number of rotatable bonds is 1. The molecule has 3 unspecified atom stereocenters. The van der Waals surface area contributed by atoms with E-state index in [-0.39, 0.29) is 5.92 Å². The lowest BCUT2D eigenvalue weighted by Gasteiger charge is -2.36. The van der Waals surface area contributed by atoms with Gasteiger partial charge in [0.2, 0.25) is 5.91 Å². The molecule has 14 heavy (non-hydrogen) atoms. The Labute approximate surface area is 86.7 Å². The molecule has 0 aromatic rings. The molecule has 0 bridgehead atoms. The van der Waals surface area contributed by atoms with Crippen LogP contribution >= 0.6 is 0 Å². The van der Waals surface area contributed by atoms with E-state index in [0.717, 1.165) is 24.8 Å². The van der Waals surface area contributed by atoms with Gasteiger partial charge in [-0.3, -0.25) is 4.79 Å². The van der Waals surface area contributed by atoms with Crippen molar-refractivity contribution in [3.8, 4) is 0 Å². The van der Waals surface area contributed by atoms with E-state index in [0.29, 0.717) is 11.9 Å². The second-order valence-electron chi connectivity index (χ2n) is 5.35. The van der Waals surface area contributed by atoms with Crippen LogP contribution < -0.4 is 0 Å². The highest BCUT2D eigenvalue weighted by molar-refractivity contribution is 5.81. The molecule has 0 radical (unpaired) electrons. The summed E-state index contributed by atoms with van der Waals surface area (Å²) in [6.45, 7) is 7.70. The Morgan fingerprint density at radius 3 is 2.71 bits per heavy atom. The van der Waals surface area contributed by atoms with Crippen LogP contribution in [-0.2, 0) is 4.79 Å². The lowest BCUT2D eigenvalue weighted by molar-refractivity contribution is -0.133. The smallest absolute Gasteiger partial charge is 0.225 e. The fourth-order valence-electron chi connectivity index (χ4n) is 2.99. The minimum atomic E-state index is 0.283. The molecule has 0 saturated carbocycles. The van der Waals surface area contributed by atoms with Gasteiger partial charge in [0.1, 0.15) is 0 Å². The van der Waals surface area contributed by atoms with Gasteiger partial charge in [-0.1, -0.05) is 20.8 Å². The van der Waals surface area contributed by atoms with Gasteiger partial charge in [0.15, 0.2) is 0 Å². The summed E-state index contributed by atoms with van der Waals surface area (Å²) >= 11 is 0. The summed E-state index contributed by atoms with van der Waals surface area (Å²) in [6.07, 6.45) is 3.56. The predicted molar refractivity (Wildman–Crippen MR) is 56.8 cm³/mol. The first-order valence-electron chi connectivity index (χ1n) is 5.90. The average Bonchev–Trinajstić information content (AvgIpc) is 2.42. The molecule has 2 rings (SSSR count). The minimum Gasteiger partial charge on any atom is -0.339 e. The second-order valence-corrected chi connectivity index (χ2v) is 5.35. The number of amides is 1. The van der Waals surface area contributed by atoms with Crippen molar-refractivity contribution in [3.05, 3.63) is 0 Å². The number of hydrogen-bond donors (Lipinski definition) is 0. The van der Waals surface area contributed by atoms with E-state index in [1.807, 2.05) is 0 Å². The van der Waals surface area contributed by atoms with Crippen LogP contribution in [0.2, 0.25) is 0 Å². The predicted octanol–water partition coefficient (Wildman–Crippen LogP) is 2.29. The zero-order valence-corrected chi connectivity index (χ0v) is 9.49. The van der Waals surface area contributed by atoms with E-state index in [9.17, 15) is 4.79 Å². The zero-order valence-electron chi connectivity index (χ0n) is 9.49. The van der Waals surface area contributed by atoms with E-state index >= 15 is 0 Å². The van der Waals surface area contributed by atoms with E-state index in [1.165, 1.54) is 12.8 Å². The molecule has 3 atom stereocenters. The van der Waals surface area contributed by atoms with Gasteiger partial charge in [-0.05, 0) is 31.1 Å². The molecule has 2 fully saturated rings. The monoisotopic (exact) mass is 195 g/mol. The largest absolute Gasteiger partial charge is 0.339 e. The number of carbonyl (C=O) groups is 1. The lowest BCUT2D eigenvalue weighted by Crippen LogP contribution is -2.41. The molecule has 0 aliphatic carbocycles. The van der Waals surface area contributed by atoms with Crippen molar-refractivity contribution in [2.75, 3.05) is 6.54 Å². The van der Waals surface area contributed by atoms with Crippen LogP contribution in [0, 0.1) is 17.8 Å². The van der Waals surface area contributed by atoms with Crippen molar-refractivity contribution < 1.29 is 4.79 Å². The summed E-state index contributed by atoms with van der Waals surface area (Å²) in [5.41, 5.74) is 0. The van der Waals surface area contributed by atoms with E-state index in [4.69, 9.17) is 0 Å². The lowest BCUT2D eigenvalue weighted by atomic mass is 9.83. The molecule has 2 heterocycles. The van der Waals surface area contributed by atoms with Crippen molar-refractivity contribution in [1.82, 2.24) is 4.90 Å². The quantitative estimate of drug-likeness (QED) is 0.628. The van der Waals surface area contributed by atoms with Gasteiger partial charge in [-0.2, -0.15) is 0 Å². The Morgan fingerprint density at radius 1 is 1.36 bits per heavy atom. The number of fused-ring (bicyclic) bond motifs is 1. The summed E-state index contributed by atoms with van der Waals surface area (Å²) in [4.78, 5) is 13.9. The third-order valence-corrected chi connectivity index (χ3v) is 4.03. The van der Waals surface area contributed by atoms with Crippen molar-refractivity contribution in [2.24, 2.45) is 17.8 Å². The molecule has 2 heteroatoms. The van der Waals surface area contributed by atoms with Crippen molar-refractivity contribution in [1.29, 1.82) is 0 Å². The Morgan fingerprint density at radius 2 is 2.07 bits per heavy atom. The molecule has 80 valence electrons. The maximum atomic E-state index is 11.7. The molecular weight excluding hydrogens is 174 g/mol. The molecule has 2 saturated heterocycles. The van der Waals surface area contributed by atoms with Gasteiger partial charge in [-0.25, -0.2) is 0 Å². The first kappa shape index (κ1) is 10.0. The summed E-state index contributed by atoms with van der Waals surface area (Å²) in [7, 11) is 0. The maximum Gasteiger partial charge on any atom is 0.225 e. The van der Waals surface area contributed by atoms with Gasteiger partial charge in [0, 0.05) is 18.5 Å². The molecule has 2 aliphatic heterocycles. The third-order valence-electron chi connectivity index (χ3n) is 4.03. The zero-order chi connectivity index (χ0) is 10.3. The van der Waals surface area contributed by atoms with Crippen LogP contribution in [0.1, 0.15) is 40.0 Å². The molecule has 0 aromatic carbocycles. The third kappa shape index (κ3) is 1.55. The SMILES string of the molecule is CC1CC2CC(C(C)C)CCN2C1=O. The normalized spacial score (nSPS) is 37.9. The van der Waals surface area contributed by atoms with Crippen molar-refractivity contribution in [3.63, 3.8) is 0 Å². The standard InChI is InChI=1S/C12H21NO/c1-8(2)10-4-5-13-11(7-10)6-9(3)12(13)14/h8-11H,4-7H2,1-3H3. The van der Waals surface area contributed by atoms with Gasteiger partial charge in [0.05, 0.1) is 0 Å². The van der Waals surface area contributed by atoms with Crippen molar-refractivity contribution in [2.45, 2.75) is 46.1 Å². The van der Waals surface area contributed by atoms with Crippen LogP contribution in [0.25, 0.3) is 0 Å². The first-order valence-corrected chi connectivity index (χ1v) is 5.90. The van der Waals surface area contributed by atoms with Crippen LogP contribution in [0.15, 0.2) is 0 Å². The van der Waals surface area contributed by atoms with Gasteiger partial charge >= 0.3 is 0 Å². The second kappa shape index (κ2) is 3.56. The topological polar surface area (TPSA) is 20.3 Å². The highest BCUT2D eigenvalue weighted by Gasteiger charge is 2.40. The molecule has 0 N–H and O–H groups in total. The van der Waals surface area contributed by atoms with Crippen LogP contribution in [0.4, 0.5) is 0 Å². The summed E-state index contributed by atoms with van der Waals surface area (Å²) < 4.78 is 0. The highest BCUT2D eigenvalue weighted by Crippen LogP contribution is 2.36.